The van der Waals surface area contributed by atoms with Crippen LogP contribution in [0.25, 0.3) is 0 Å². The van der Waals surface area contributed by atoms with Crippen molar-refractivity contribution in [3.63, 3.8) is 0 Å². The van der Waals surface area contributed by atoms with E-state index in [4.69, 9.17) is 4.74 Å². The molecule has 152 valence electrons. The number of nitrogens with one attached hydrogen (secondary N) is 1. The Labute approximate surface area is 167 Å². The number of anilines is 1. The summed E-state index contributed by atoms with van der Waals surface area (Å²) in [5.41, 5.74) is 2.51. The normalized spacial score (nSPS) is 12.3. The second kappa shape index (κ2) is 9.59. The number of para-hydroxylation sites is 1. The summed E-state index contributed by atoms with van der Waals surface area (Å²) in [6, 6.07) is 14.7. The zero-order valence-corrected chi connectivity index (χ0v) is 17.6. The van der Waals surface area contributed by atoms with Crippen LogP contribution in [0.1, 0.15) is 36.9 Å². The fourth-order valence-corrected chi connectivity index (χ4v) is 4.00. The largest absolute Gasteiger partial charge is 0.497 e. The van der Waals surface area contributed by atoms with Crippen molar-refractivity contribution in [2.45, 2.75) is 32.7 Å². The van der Waals surface area contributed by atoms with E-state index >= 15 is 0 Å². The van der Waals surface area contributed by atoms with E-state index in [2.05, 4.69) is 5.32 Å². The van der Waals surface area contributed by atoms with E-state index in [1.807, 2.05) is 56.3 Å². The first-order chi connectivity index (χ1) is 13.2. The van der Waals surface area contributed by atoms with E-state index in [0.717, 1.165) is 16.9 Å². The molecule has 0 aliphatic carbocycles. The minimum absolute atomic E-state index is 0.110. The third-order valence-corrected chi connectivity index (χ3v) is 5.72. The quantitative estimate of drug-likeness (QED) is 0.695. The molecule has 0 bridgehead atoms. The lowest BCUT2D eigenvalue weighted by Crippen LogP contribution is -2.33. The maximum atomic E-state index is 12.3. The number of carbonyl (C=O) groups excluding carboxylic acids is 1. The fourth-order valence-electron chi connectivity index (χ4n) is 2.98. The maximum Gasteiger partial charge on any atom is 0.232 e. The number of rotatable bonds is 9. The molecule has 0 aliphatic rings. The summed E-state index contributed by atoms with van der Waals surface area (Å²) in [6.45, 7) is 4.04. The van der Waals surface area contributed by atoms with E-state index in [1.165, 1.54) is 10.6 Å². The smallest absolute Gasteiger partial charge is 0.232 e. The Hall–Kier alpha value is -2.54. The van der Waals surface area contributed by atoms with Crippen LogP contribution in [-0.4, -0.2) is 34.2 Å². The highest BCUT2D eigenvalue weighted by Crippen LogP contribution is 2.22. The Morgan fingerprint density at radius 2 is 1.79 bits per heavy atom. The Bertz CT molecular complexity index is 895. The molecule has 1 N–H and O–H groups in total. The first kappa shape index (κ1) is 21.8. The van der Waals surface area contributed by atoms with Crippen molar-refractivity contribution >= 4 is 21.6 Å². The number of carbonyl (C=O) groups is 1. The first-order valence-electron chi connectivity index (χ1n) is 9.19. The Morgan fingerprint density at radius 1 is 1.14 bits per heavy atom. The molecule has 0 fully saturated rings. The molecule has 28 heavy (non-hydrogen) atoms. The molecule has 2 aromatic rings. The monoisotopic (exact) mass is 404 g/mol. The molecule has 0 aliphatic heterocycles. The van der Waals surface area contributed by atoms with Crippen LogP contribution in [0.4, 0.5) is 5.69 Å². The average Bonchev–Trinajstić information content (AvgIpc) is 2.65. The van der Waals surface area contributed by atoms with Gasteiger partial charge < -0.3 is 10.1 Å². The van der Waals surface area contributed by atoms with Crippen LogP contribution in [0.15, 0.2) is 48.5 Å². The molecule has 1 amide bonds. The van der Waals surface area contributed by atoms with Gasteiger partial charge in [0.15, 0.2) is 0 Å². The number of sulfonamides is 1. The number of nitrogens with zero attached hydrogens (tertiary/aromatic N) is 1. The first-order valence-corrected chi connectivity index (χ1v) is 11.0. The summed E-state index contributed by atoms with van der Waals surface area (Å²) < 4.78 is 30.9. The number of methoxy groups -OCH3 is 1. The van der Waals surface area contributed by atoms with Crippen LogP contribution in [-0.2, 0) is 14.8 Å². The van der Waals surface area contributed by atoms with Crippen LogP contribution >= 0.6 is 0 Å². The standard InChI is InChI=1S/C21H28N2O4S/c1-16-8-5-6-9-20(16)23(28(4,25)26)15-7-10-21(24)22-17(2)18-11-13-19(27-3)14-12-18/h5-6,8-9,11-14,17H,7,10,15H2,1-4H3,(H,22,24)/t17-/m1/s1. The molecule has 2 rings (SSSR count). The van der Waals surface area contributed by atoms with Gasteiger partial charge >= 0.3 is 0 Å². The summed E-state index contributed by atoms with van der Waals surface area (Å²) in [4.78, 5) is 12.3. The summed E-state index contributed by atoms with van der Waals surface area (Å²) in [5, 5.41) is 2.95. The predicted molar refractivity (Wildman–Crippen MR) is 112 cm³/mol. The SMILES string of the molecule is COc1ccc([C@@H](C)NC(=O)CCCN(c2ccccc2C)S(C)(=O)=O)cc1. The van der Waals surface area contributed by atoms with Crippen LogP contribution in [0.3, 0.4) is 0 Å². The van der Waals surface area contributed by atoms with Crippen molar-refractivity contribution in [2.75, 3.05) is 24.2 Å². The van der Waals surface area contributed by atoms with Crippen LogP contribution in [0, 0.1) is 6.92 Å². The molecule has 2 aromatic carbocycles. The number of benzene rings is 2. The van der Waals surface area contributed by atoms with Gasteiger partial charge in [0, 0.05) is 13.0 Å². The molecule has 0 saturated carbocycles. The van der Waals surface area contributed by atoms with Gasteiger partial charge in [-0.15, -0.1) is 0 Å². The van der Waals surface area contributed by atoms with Gasteiger partial charge in [-0.3, -0.25) is 9.10 Å². The molecule has 0 saturated heterocycles. The van der Waals surface area contributed by atoms with Gasteiger partial charge in [0.2, 0.25) is 15.9 Å². The Morgan fingerprint density at radius 3 is 2.36 bits per heavy atom. The van der Waals surface area contributed by atoms with E-state index in [0.29, 0.717) is 12.1 Å². The van der Waals surface area contributed by atoms with Crippen LogP contribution in [0.2, 0.25) is 0 Å². The van der Waals surface area contributed by atoms with E-state index < -0.39 is 10.0 Å². The molecule has 0 spiro atoms. The molecule has 1 atom stereocenters. The molecule has 7 heteroatoms. The lowest BCUT2D eigenvalue weighted by Gasteiger charge is -2.24. The fraction of sp³-hybridized carbons (Fsp3) is 0.381. The highest BCUT2D eigenvalue weighted by molar-refractivity contribution is 7.92. The summed E-state index contributed by atoms with van der Waals surface area (Å²) in [5.74, 6) is 0.654. The van der Waals surface area contributed by atoms with Crippen molar-refractivity contribution in [2.24, 2.45) is 0 Å². The van der Waals surface area contributed by atoms with Crippen LogP contribution in [0.5, 0.6) is 5.75 Å². The van der Waals surface area contributed by atoms with Crippen molar-refractivity contribution in [3.05, 3.63) is 59.7 Å². The topological polar surface area (TPSA) is 75.7 Å². The maximum absolute atomic E-state index is 12.3. The van der Waals surface area contributed by atoms with Crippen LogP contribution < -0.4 is 14.4 Å². The van der Waals surface area contributed by atoms with Gasteiger partial charge in [-0.1, -0.05) is 30.3 Å². The zero-order chi connectivity index (χ0) is 20.7. The number of amides is 1. The summed E-state index contributed by atoms with van der Waals surface area (Å²) >= 11 is 0. The molecule has 0 aromatic heterocycles. The number of ether oxygens (including phenoxy) is 1. The molecule has 6 nitrogen and oxygen atoms in total. The molecular weight excluding hydrogens is 376 g/mol. The van der Waals surface area contributed by atoms with Gasteiger partial charge in [0.1, 0.15) is 5.75 Å². The van der Waals surface area contributed by atoms with E-state index in [9.17, 15) is 13.2 Å². The predicted octanol–water partition coefficient (Wildman–Crippen LogP) is 3.43. The molecule has 0 radical (unpaired) electrons. The third-order valence-electron chi connectivity index (χ3n) is 4.54. The van der Waals surface area contributed by atoms with Gasteiger partial charge in [-0.25, -0.2) is 8.42 Å². The highest BCUT2D eigenvalue weighted by atomic mass is 32.2. The van der Waals surface area contributed by atoms with Crippen molar-refractivity contribution in [1.29, 1.82) is 0 Å². The Kier molecular flexibility index (Phi) is 7.45. The molecule has 0 heterocycles. The molecule has 0 unspecified atom stereocenters. The minimum atomic E-state index is -3.42. The lowest BCUT2D eigenvalue weighted by molar-refractivity contribution is -0.121. The van der Waals surface area contributed by atoms with E-state index in [1.54, 1.807) is 13.2 Å². The second-order valence-corrected chi connectivity index (χ2v) is 8.69. The zero-order valence-electron chi connectivity index (χ0n) is 16.8. The van der Waals surface area contributed by atoms with Gasteiger partial charge in [0.25, 0.3) is 0 Å². The van der Waals surface area contributed by atoms with Crippen molar-refractivity contribution in [3.8, 4) is 5.75 Å². The summed E-state index contributed by atoms with van der Waals surface area (Å²) in [6.07, 6.45) is 1.87. The van der Waals surface area contributed by atoms with Gasteiger partial charge in [-0.2, -0.15) is 0 Å². The van der Waals surface area contributed by atoms with Crippen molar-refractivity contribution < 1.29 is 17.9 Å². The Balaban J connectivity index is 1.92. The molecular formula is C21H28N2O4S. The van der Waals surface area contributed by atoms with Gasteiger partial charge in [-0.05, 0) is 49.6 Å². The average molecular weight is 405 g/mol. The highest BCUT2D eigenvalue weighted by Gasteiger charge is 2.19. The minimum Gasteiger partial charge on any atom is -0.497 e. The third kappa shape index (κ3) is 5.99. The number of hydrogen-bond acceptors (Lipinski definition) is 4. The van der Waals surface area contributed by atoms with E-state index in [-0.39, 0.29) is 24.9 Å². The number of hydrogen-bond donors (Lipinski definition) is 1. The van der Waals surface area contributed by atoms with Gasteiger partial charge in [0.05, 0.1) is 25.1 Å². The number of aryl methyl sites for hydroxylation is 1. The van der Waals surface area contributed by atoms with Crippen molar-refractivity contribution in [1.82, 2.24) is 5.32 Å². The second-order valence-electron chi connectivity index (χ2n) is 6.79. The lowest BCUT2D eigenvalue weighted by atomic mass is 10.1. The summed E-state index contributed by atoms with van der Waals surface area (Å²) in [7, 11) is -1.81.